The molecule has 134 valence electrons. The Bertz CT molecular complexity index is 477. The van der Waals surface area contributed by atoms with Crippen molar-refractivity contribution in [3.8, 4) is 0 Å². The van der Waals surface area contributed by atoms with Crippen LogP contribution in [0.3, 0.4) is 0 Å². The second-order valence-corrected chi connectivity index (χ2v) is 6.83. The highest BCUT2D eigenvalue weighted by molar-refractivity contribution is 5.19. The average Bonchev–Trinajstić information content (AvgIpc) is 2.60. The van der Waals surface area contributed by atoms with E-state index in [-0.39, 0.29) is 5.82 Å². The fraction of sp³-hybridized carbons (Fsp3) is 0.545. The summed E-state index contributed by atoms with van der Waals surface area (Å²) >= 11 is 0. The molecular formula is C22H34FN. The minimum absolute atomic E-state index is 0.152. The van der Waals surface area contributed by atoms with E-state index in [0.29, 0.717) is 11.8 Å². The van der Waals surface area contributed by atoms with E-state index in [0.717, 1.165) is 18.5 Å². The van der Waals surface area contributed by atoms with Crippen LogP contribution in [0.1, 0.15) is 69.8 Å². The Morgan fingerprint density at radius 2 is 1.71 bits per heavy atom. The third-order valence-corrected chi connectivity index (χ3v) is 4.90. The van der Waals surface area contributed by atoms with Gasteiger partial charge in [-0.2, -0.15) is 0 Å². The van der Waals surface area contributed by atoms with E-state index in [9.17, 15) is 4.39 Å². The summed E-state index contributed by atoms with van der Waals surface area (Å²) in [5.74, 6) is 0.966. The van der Waals surface area contributed by atoms with E-state index >= 15 is 0 Å². The van der Waals surface area contributed by atoms with Gasteiger partial charge in [-0.25, -0.2) is 4.39 Å². The standard InChI is InChI=1S/C22H34FN/c1-5-20(13-12-19(3)24-4)11-9-7-6-8-10-18(2)21-14-16-22(23)17-15-21/h5,14-18,20,24H,1,3,6-13H2,2,4H3. The molecule has 1 N–H and O–H groups in total. The van der Waals surface area contributed by atoms with Gasteiger partial charge in [0.2, 0.25) is 0 Å². The van der Waals surface area contributed by atoms with Crippen LogP contribution >= 0.6 is 0 Å². The molecule has 0 saturated carbocycles. The third kappa shape index (κ3) is 8.33. The summed E-state index contributed by atoms with van der Waals surface area (Å²) in [7, 11) is 1.93. The minimum Gasteiger partial charge on any atom is -0.392 e. The largest absolute Gasteiger partial charge is 0.392 e. The molecule has 0 radical (unpaired) electrons. The zero-order valence-electron chi connectivity index (χ0n) is 15.5. The fourth-order valence-electron chi connectivity index (χ4n) is 3.03. The first-order chi connectivity index (χ1) is 11.6. The van der Waals surface area contributed by atoms with Crippen molar-refractivity contribution in [2.24, 2.45) is 5.92 Å². The van der Waals surface area contributed by atoms with Crippen LogP contribution in [0, 0.1) is 11.7 Å². The number of hydrogen-bond acceptors (Lipinski definition) is 1. The van der Waals surface area contributed by atoms with Crippen molar-refractivity contribution in [1.29, 1.82) is 0 Å². The van der Waals surface area contributed by atoms with Crippen molar-refractivity contribution >= 4 is 0 Å². The predicted molar refractivity (Wildman–Crippen MR) is 104 cm³/mol. The molecule has 0 bridgehead atoms. The molecule has 0 amide bonds. The maximum atomic E-state index is 12.9. The van der Waals surface area contributed by atoms with Crippen LogP contribution in [0.2, 0.25) is 0 Å². The third-order valence-electron chi connectivity index (χ3n) is 4.90. The summed E-state index contributed by atoms with van der Waals surface area (Å²) in [4.78, 5) is 0. The molecule has 2 unspecified atom stereocenters. The van der Waals surface area contributed by atoms with Crippen molar-refractivity contribution in [2.75, 3.05) is 7.05 Å². The topological polar surface area (TPSA) is 12.0 Å². The first-order valence-electron chi connectivity index (χ1n) is 9.30. The molecule has 0 aliphatic heterocycles. The highest BCUT2D eigenvalue weighted by atomic mass is 19.1. The summed E-state index contributed by atoms with van der Waals surface area (Å²) < 4.78 is 12.9. The number of rotatable bonds is 13. The summed E-state index contributed by atoms with van der Waals surface area (Å²) in [5, 5.41) is 3.11. The lowest BCUT2D eigenvalue weighted by atomic mass is 9.93. The Balaban J connectivity index is 2.11. The zero-order valence-corrected chi connectivity index (χ0v) is 15.5. The van der Waals surface area contributed by atoms with Crippen LogP contribution in [0.4, 0.5) is 4.39 Å². The van der Waals surface area contributed by atoms with Gasteiger partial charge in [0.25, 0.3) is 0 Å². The van der Waals surface area contributed by atoms with Crippen molar-refractivity contribution in [2.45, 2.75) is 64.2 Å². The smallest absolute Gasteiger partial charge is 0.123 e. The quantitative estimate of drug-likeness (QED) is 0.318. The maximum Gasteiger partial charge on any atom is 0.123 e. The van der Waals surface area contributed by atoms with Gasteiger partial charge in [0.05, 0.1) is 0 Å². The van der Waals surface area contributed by atoms with Gasteiger partial charge in [0, 0.05) is 12.7 Å². The first kappa shape index (κ1) is 20.5. The molecule has 0 saturated heterocycles. The van der Waals surface area contributed by atoms with E-state index in [1.54, 1.807) is 12.1 Å². The molecule has 2 atom stereocenters. The summed E-state index contributed by atoms with van der Waals surface area (Å²) in [6.45, 7) is 10.2. The second-order valence-electron chi connectivity index (χ2n) is 6.83. The van der Waals surface area contributed by atoms with E-state index in [4.69, 9.17) is 0 Å². The van der Waals surface area contributed by atoms with Crippen LogP contribution in [-0.4, -0.2) is 7.05 Å². The highest BCUT2D eigenvalue weighted by Gasteiger charge is 2.07. The molecule has 0 fully saturated rings. The van der Waals surface area contributed by atoms with Crippen LogP contribution < -0.4 is 5.32 Å². The van der Waals surface area contributed by atoms with Crippen LogP contribution in [0.15, 0.2) is 49.2 Å². The Morgan fingerprint density at radius 3 is 2.29 bits per heavy atom. The molecule has 1 aromatic carbocycles. The molecule has 2 heteroatoms. The molecule has 24 heavy (non-hydrogen) atoms. The SMILES string of the molecule is C=CC(CCCCCCC(C)c1ccc(F)cc1)CCC(=C)NC. The van der Waals surface area contributed by atoms with Gasteiger partial charge in [-0.1, -0.05) is 57.4 Å². The Morgan fingerprint density at radius 1 is 1.08 bits per heavy atom. The highest BCUT2D eigenvalue weighted by Crippen LogP contribution is 2.23. The summed E-state index contributed by atoms with van der Waals surface area (Å²) in [6, 6.07) is 6.94. The molecule has 1 aromatic rings. The number of hydrogen-bond donors (Lipinski definition) is 1. The summed E-state index contributed by atoms with van der Waals surface area (Å²) in [5.41, 5.74) is 2.35. The Kier molecular flexibility index (Phi) is 10.1. The number of nitrogens with one attached hydrogen (secondary N) is 1. The van der Waals surface area contributed by atoms with Gasteiger partial charge < -0.3 is 5.32 Å². The monoisotopic (exact) mass is 331 g/mol. The van der Waals surface area contributed by atoms with E-state index in [1.165, 1.54) is 44.1 Å². The van der Waals surface area contributed by atoms with Crippen molar-refractivity contribution < 1.29 is 4.39 Å². The average molecular weight is 332 g/mol. The van der Waals surface area contributed by atoms with Gasteiger partial charge >= 0.3 is 0 Å². The van der Waals surface area contributed by atoms with Crippen molar-refractivity contribution in [3.63, 3.8) is 0 Å². The number of benzene rings is 1. The molecule has 0 aliphatic rings. The lowest BCUT2D eigenvalue weighted by molar-refractivity contribution is 0.486. The Hall–Kier alpha value is -1.57. The van der Waals surface area contributed by atoms with Gasteiger partial charge in [-0.3, -0.25) is 0 Å². The molecule has 0 aromatic heterocycles. The zero-order chi connectivity index (χ0) is 17.8. The van der Waals surface area contributed by atoms with Gasteiger partial charge in [0.1, 0.15) is 5.82 Å². The second kappa shape index (κ2) is 11.9. The van der Waals surface area contributed by atoms with Crippen LogP contribution in [-0.2, 0) is 0 Å². The molecule has 0 aliphatic carbocycles. The predicted octanol–water partition coefficient (Wildman–Crippen LogP) is 6.59. The number of allylic oxidation sites excluding steroid dienone is 2. The first-order valence-corrected chi connectivity index (χ1v) is 9.30. The molecule has 0 heterocycles. The summed E-state index contributed by atoms with van der Waals surface area (Å²) in [6.07, 6.45) is 11.8. The van der Waals surface area contributed by atoms with E-state index in [2.05, 4.69) is 31.5 Å². The van der Waals surface area contributed by atoms with E-state index in [1.807, 2.05) is 19.2 Å². The number of halogens is 1. The minimum atomic E-state index is -0.152. The normalized spacial score (nSPS) is 13.3. The molecular weight excluding hydrogens is 297 g/mol. The van der Waals surface area contributed by atoms with Crippen molar-refractivity contribution in [3.05, 3.63) is 60.6 Å². The van der Waals surface area contributed by atoms with Crippen LogP contribution in [0.25, 0.3) is 0 Å². The molecule has 1 nitrogen and oxygen atoms in total. The van der Waals surface area contributed by atoms with Gasteiger partial charge in [0.15, 0.2) is 0 Å². The van der Waals surface area contributed by atoms with Gasteiger partial charge in [-0.15, -0.1) is 6.58 Å². The lowest BCUT2D eigenvalue weighted by Gasteiger charge is -2.14. The fourth-order valence-corrected chi connectivity index (χ4v) is 3.03. The maximum absolute atomic E-state index is 12.9. The molecule has 0 spiro atoms. The van der Waals surface area contributed by atoms with Crippen LogP contribution in [0.5, 0.6) is 0 Å². The van der Waals surface area contributed by atoms with Crippen molar-refractivity contribution in [1.82, 2.24) is 5.32 Å². The van der Waals surface area contributed by atoms with Gasteiger partial charge in [-0.05, 0) is 55.2 Å². The molecule has 1 rings (SSSR count). The Labute approximate surface area is 148 Å². The lowest BCUT2D eigenvalue weighted by Crippen LogP contribution is -2.06. The van der Waals surface area contributed by atoms with E-state index < -0.39 is 0 Å². The number of unbranched alkanes of at least 4 members (excludes halogenated alkanes) is 3.